The summed E-state index contributed by atoms with van der Waals surface area (Å²) in [7, 11) is 1.66. The molecule has 5 nitrogen and oxygen atoms in total. The summed E-state index contributed by atoms with van der Waals surface area (Å²) in [6, 6.07) is 0. The summed E-state index contributed by atoms with van der Waals surface area (Å²) in [6.07, 6.45) is 4.24. The fourth-order valence-corrected chi connectivity index (χ4v) is 1.53. The highest BCUT2D eigenvalue weighted by molar-refractivity contribution is 5.30. The van der Waals surface area contributed by atoms with E-state index in [0.717, 1.165) is 6.42 Å². The Labute approximate surface area is 102 Å². The zero-order valence-corrected chi connectivity index (χ0v) is 10.8. The number of hydrogen-bond acceptors (Lipinski definition) is 4. The molecular weight excluding hydrogens is 218 g/mol. The first-order valence-electron chi connectivity index (χ1n) is 5.93. The summed E-state index contributed by atoms with van der Waals surface area (Å²) in [5.74, 6) is 0.862. The largest absolute Gasteiger partial charge is 0.385 e. The number of anilines is 1. The van der Waals surface area contributed by atoms with E-state index in [-0.39, 0.29) is 5.56 Å². The SMILES string of the molecule is COCCCNc1nccn(CC(C)C)c1=O. The normalized spacial score (nSPS) is 10.8. The summed E-state index contributed by atoms with van der Waals surface area (Å²) >= 11 is 0. The van der Waals surface area contributed by atoms with Crippen molar-refractivity contribution in [1.29, 1.82) is 0 Å². The first-order valence-corrected chi connectivity index (χ1v) is 5.93. The second-order valence-corrected chi connectivity index (χ2v) is 4.40. The molecule has 0 spiro atoms. The summed E-state index contributed by atoms with van der Waals surface area (Å²) in [5, 5.41) is 3.04. The Morgan fingerprint density at radius 3 is 2.94 bits per heavy atom. The van der Waals surface area contributed by atoms with E-state index in [9.17, 15) is 4.79 Å². The molecule has 96 valence electrons. The molecule has 0 aromatic carbocycles. The van der Waals surface area contributed by atoms with Crippen LogP contribution in [0.15, 0.2) is 17.2 Å². The average molecular weight is 239 g/mol. The van der Waals surface area contributed by atoms with Crippen LogP contribution < -0.4 is 10.9 Å². The van der Waals surface area contributed by atoms with Crippen LogP contribution in [0.3, 0.4) is 0 Å². The van der Waals surface area contributed by atoms with E-state index in [2.05, 4.69) is 24.1 Å². The topological polar surface area (TPSA) is 56.1 Å². The van der Waals surface area contributed by atoms with Crippen LogP contribution in [-0.4, -0.2) is 29.8 Å². The fourth-order valence-electron chi connectivity index (χ4n) is 1.53. The minimum Gasteiger partial charge on any atom is -0.385 e. The third-order valence-electron chi connectivity index (χ3n) is 2.29. The molecule has 0 fully saturated rings. The zero-order valence-electron chi connectivity index (χ0n) is 10.8. The number of ether oxygens (including phenoxy) is 1. The van der Waals surface area contributed by atoms with Crippen LogP contribution in [-0.2, 0) is 11.3 Å². The van der Waals surface area contributed by atoms with Gasteiger partial charge in [-0.2, -0.15) is 0 Å². The quantitative estimate of drug-likeness (QED) is 0.730. The molecule has 0 aliphatic rings. The van der Waals surface area contributed by atoms with Crippen molar-refractivity contribution in [2.24, 2.45) is 5.92 Å². The first-order chi connectivity index (χ1) is 8.15. The lowest BCUT2D eigenvalue weighted by atomic mass is 10.2. The molecule has 0 radical (unpaired) electrons. The Bertz CT molecular complexity index is 388. The smallest absolute Gasteiger partial charge is 0.293 e. The predicted octanol–water partition coefficient (Wildman–Crippen LogP) is 1.35. The van der Waals surface area contributed by atoms with Gasteiger partial charge in [-0.15, -0.1) is 0 Å². The highest BCUT2D eigenvalue weighted by Crippen LogP contribution is 1.98. The van der Waals surface area contributed by atoms with Crippen molar-refractivity contribution in [2.45, 2.75) is 26.8 Å². The number of aromatic nitrogens is 2. The minimum atomic E-state index is -0.0568. The summed E-state index contributed by atoms with van der Waals surface area (Å²) in [6.45, 7) is 6.26. The molecular formula is C12H21N3O2. The Morgan fingerprint density at radius 1 is 1.53 bits per heavy atom. The first kappa shape index (κ1) is 13.7. The van der Waals surface area contributed by atoms with Crippen molar-refractivity contribution in [1.82, 2.24) is 9.55 Å². The van der Waals surface area contributed by atoms with E-state index in [0.29, 0.717) is 31.4 Å². The molecule has 0 unspecified atom stereocenters. The van der Waals surface area contributed by atoms with Crippen molar-refractivity contribution in [3.05, 3.63) is 22.7 Å². The van der Waals surface area contributed by atoms with Crippen LogP contribution in [0.2, 0.25) is 0 Å². The number of methoxy groups -OCH3 is 1. The third-order valence-corrected chi connectivity index (χ3v) is 2.29. The summed E-state index contributed by atoms with van der Waals surface area (Å²) < 4.78 is 6.63. The second-order valence-electron chi connectivity index (χ2n) is 4.40. The van der Waals surface area contributed by atoms with Crippen molar-refractivity contribution >= 4 is 5.82 Å². The Balaban J connectivity index is 2.63. The van der Waals surface area contributed by atoms with Gasteiger partial charge in [0.2, 0.25) is 0 Å². The Hall–Kier alpha value is -1.36. The van der Waals surface area contributed by atoms with Crippen LogP contribution >= 0.6 is 0 Å². The van der Waals surface area contributed by atoms with Gasteiger partial charge < -0.3 is 14.6 Å². The zero-order chi connectivity index (χ0) is 12.7. The molecule has 0 aliphatic carbocycles. The highest BCUT2D eigenvalue weighted by Gasteiger charge is 2.05. The minimum absolute atomic E-state index is 0.0568. The number of rotatable bonds is 7. The maximum absolute atomic E-state index is 12.0. The lowest BCUT2D eigenvalue weighted by Gasteiger charge is -2.10. The lowest BCUT2D eigenvalue weighted by molar-refractivity contribution is 0.197. The van der Waals surface area contributed by atoms with Gasteiger partial charge in [0.25, 0.3) is 5.56 Å². The summed E-state index contributed by atoms with van der Waals surface area (Å²) in [5.41, 5.74) is -0.0568. The monoisotopic (exact) mass is 239 g/mol. The van der Waals surface area contributed by atoms with Crippen molar-refractivity contribution in [3.63, 3.8) is 0 Å². The molecule has 0 saturated carbocycles. The maximum atomic E-state index is 12.0. The Morgan fingerprint density at radius 2 is 2.29 bits per heavy atom. The van der Waals surface area contributed by atoms with Crippen LogP contribution in [0, 0.1) is 5.92 Å². The number of nitrogens with one attached hydrogen (secondary N) is 1. The lowest BCUT2D eigenvalue weighted by Crippen LogP contribution is -2.26. The summed E-state index contributed by atoms with van der Waals surface area (Å²) in [4.78, 5) is 16.0. The van der Waals surface area contributed by atoms with Crippen molar-refractivity contribution in [3.8, 4) is 0 Å². The van der Waals surface area contributed by atoms with Gasteiger partial charge in [0, 0.05) is 39.2 Å². The van der Waals surface area contributed by atoms with Gasteiger partial charge >= 0.3 is 0 Å². The van der Waals surface area contributed by atoms with Crippen LogP contribution in [0.5, 0.6) is 0 Å². The van der Waals surface area contributed by atoms with Crippen molar-refractivity contribution in [2.75, 3.05) is 25.6 Å². The van der Waals surface area contributed by atoms with Gasteiger partial charge in [-0.05, 0) is 12.3 Å². The molecule has 0 amide bonds. The molecule has 0 atom stereocenters. The molecule has 0 bridgehead atoms. The van der Waals surface area contributed by atoms with E-state index >= 15 is 0 Å². The van der Waals surface area contributed by atoms with E-state index in [1.807, 2.05) is 0 Å². The molecule has 1 aromatic heterocycles. The molecule has 0 saturated heterocycles. The van der Waals surface area contributed by atoms with Crippen LogP contribution in [0.1, 0.15) is 20.3 Å². The molecule has 0 aliphatic heterocycles. The van der Waals surface area contributed by atoms with Gasteiger partial charge in [0.15, 0.2) is 5.82 Å². The van der Waals surface area contributed by atoms with Crippen LogP contribution in [0.4, 0.5) is 5.82 Å². The average Bonchev–Trinajstić information content (AvgIpc) is 2.28. The predicted molar refractivity (Wildman–Crippen MR) is 68.3 cm³/mol. The molecule has 17 heavy (non-hydrogen) atoms. The maximum Gasteiger partial charge on any atom is 0.293 e. The molecule has 1 heterocycles. The van der Waals surface area contributed by atoms with Gasteiger partial charge in [-0.1, -0.05) is 13.8 Å². The van der Waals surface area contributed by atoms with E-state index < -0.39 is 0 Å². The molecule has 1 aromatic rings. The molecule has 5 heteroatoms. The van der Waals surface area contributed by atoms with Gasteiger partial charge in [0.05, 0.1) is 0 Å². The van der Waals surface area contributed by atoms with Crippen molar-refractivity contribution < 1.29 is 4.74 Å². The van der Waals surface area contributed by atoms with Gasteiger partial charge in [-0.3, -0.25) is 4.79 Å². The van der Waals surface area contributed by atoms with Crippen LogP contribution in [0.25, 0.3) is 0 Å². The molecule has 1 rings (SSSR count). The Kier molecular flexibility index (Phi) is 5.69. The number of nitrogens with zero attached hydrogens (tertiary/aromatic N) is 2. The van der Waals surface area contributed by atoms with Gasteiger partial charge in [-0.25, -0.2) is 4.98 Å². The fraction of sp³-hybridized carbons (Fsp3) is 0.667. The second kappa shape index (κ2) is 7.06. The highest BCUT2D eigenvalue weighted by atomic mass is 16.5. The van der Waals surface area contributed by atoms with Gasteiger partial charge in [0.1, 0.15) is 0 Å². The van der Waals surface area contributed by atoms with E-state index in [1.165, 1.54) is 0 Å². The standard InChI is InChI=1S/C12H21N3O2/c1-10(2)9-15-7-6-14-11(12(15)16)13-5-4-8-17-3/h6-7,10H,4-5,8-9H2,1-3H3,(H,13,14). The molecule has 1 N–H and O–H groups in total. The third kappa shape index (κ3) is 4.56. The van der Waals surface area contributed by atoms with E-state index in [1.54, 1.807) is 24.1 Å². The number of hydrogen-bond donors (Lipinski definition) is 1. The van der Waals surface area contributed by atoms with E-state index in [4.69, 9.17) is 4.74 Å².